The summed E-state index contributed by atoms with van der Waals surface area (Å²) >= 11 is 0. The van der Waals surface area contributed by atoms with Crippen molar-refractivity contribution < 1.29 is 13.2 Å². The summed E-state index contributed by atoms with van der Waals surface area (Å²) < 4.78 is 29.9. The third-order valence-electron chi connectivity index (χ3n) is 5.15. The van der Waals surface area contributed by atoms with Crippen LogP contribution in [0.2, 0.25) is 0 Å². The highest BCUT2D eigenvalue weighted by Gasteiger charge is 2.25. The van der Waals surface area contributed by atoms with Crippen molar-refractivity contribution in [2.24, 2.45) is 0 Å². The normalized spacial score (nSPS) is 13.7. The highest BCUT2D eigenvalue weighted by atomic mass is 32.2. The van der Waals surface area contributed by atoms with E-state index in [4.69, 9.17) is 10.00 Å². The molecule has 4 aromatic rings. The lowest BCUT2D eigenvalue weighted by molar-refractivity contribution is 0.323. The van der Waals surface area contributed by atoms with Crippen molar-refractivity contribution in [2.45, 2.75) is 4.90 Å². The van der Waals surface area contributed by atoms with Crippen LogP contribution in [0, 0.1) is 23.2 Å². The Bertz CT molecular complexity index is 1600. The predicted molar refractivity (Wildman–Crippen MR) is 124 cm³/mol. The fraction of sp³-hybridized carbons (Fsp3) is 0.0800. The molecule has 0 saturated heterocycles. The number of hydrogen-bond donors (Lipinski definition) is 1. The molecule has 0 amide bonds. The molecular formula is C25H16N4O3S. The largest absolute Gasteiger partial charge is 0.491 e. The number of aromatic nitrogens is 2. The van der Waals surface area contributed by atoms with Crippen LogP contribution in [0.4, 0.5) is 11.5 Å². The number of sulfone groups is 1. The Balaban J connectivity index is 1.46. The molecule has 0 atom stereocenters. The van der Waals surface area contributed by atoms with Crippen molar-refractivity contribution in [3.8, 4) is 23.7 Å². The van der Waals surface area contributed by atoms with Crippen molar-refractivity contribution in [1.29, 1.82) is 5.26 Å². The van der Waals surface area contributed by atoms with Gasteiger partial charge in [-0.3, -0.25) is 0 Å². The Kier molecular flexibility index (Phi) is 5.14. The zero-order valence-electron chi connectivity index (χ0n) is 17.2. The summed E-state index contributed by atoms with van der Waals surface area (Å²) in [4.78, 5) is 9.06. The molecule has 2 aromatic heterocycles. The number of benzene rings is 2. The Morgan fingerprint density at radius 3 is 2.61 bits per heavy atom. The van der Waals surface area contributed by atoms with Crippen LogP contribution >= 0.6 is 0 Å². The first-order valence-corrected chi connectivity index (χ1v) is 11.7. The first-order chi connectivity index (χ1) is 16.0. The zero-order valence-corrected chi connectivity index (χ0v) is 18.1. The molecule has 160 valence electrons. The van der Waals surface area contributed by atoms with Gasteiger partial charge in [-0.05, 0) is 54.5 Å². The van der Waals surface area contributed by atoms with Crippen molar-refractivity contribution in [2.75, 3.05) is 17.7 Å². The van der Waals surface area contributed by atoms with Crippen LogP contribution in [-0.2, 0) is 9.84 Å². The minimum Gasteiger partial charge on any atom is -0.491 e. The van der Waals surface area contributed by atoms with E-state index in [0.717, 1.165) is 16.3 Å². The van der Waals surface area contributed by atoms with Gasteiger partial charge in [0.05, 0.1) is 17.4 Å². The molecule has 0 spiro atoms. The SMILES string of the molecule is N#Cc1ccc(C#Cc2nccc3cnc(Nc4ccc5c(c4)OCCS5(=O)=O)cc23)cc1. The number of ether oxygens (including phenoxy) is 1. The molecule has 7 nitrogen and oxygen atoms in total. The van der Waals surface area contributed by atoms with Crippen LogP contribution in [0.1, 0.15) is 16.8 Å². The molecular weight excluding hydrogens is 436 g/mol. The molecule has 1 N–H and O–H groups in total. The number of anilines is 2. The summed E-state index contributed by atoms with van der Waals surface area (Å²) in [5.41, 5.74) is 2.62. The fourth-order valence-electron chi connectivity index (χ4n) is 3.47. The smallest absolute Gasteiger partial charge is 0.185 e. The molecule has 3 heterocycles. The van der Waals surface area contributed by atoms with Crippen LogP contribution < -0.4 is 10.1 Å². The van der Waals surface area contributed by atoms with E-state index in [1.54, 1.807) is 54.9 Å². The maximum atomic E-state index is 12.2. The van der Waals surface area contributed by atoms with Crippen LogP contribution in [0.25, 0.3) is 10.8 Å². The van der Waals surface area contributed by atoms with E-state index in [2.05, 4.69) is 33.2 Å². The molecule has 5 rings (SSSR count). The second-order valence-electron chi connectivity index (χ2n) is 7.34. The lowest BCUT2D eigenvalue weighted by Gasteiger charge is -2.18. The van der Waals surface area contributed by atoms with E-state index in [0.29, 0.717) is 28.5 Å². The summed E-state index contributed by atoms with van der Waals surface area (Å²) in [6, 6.07) is 17.7. The molecule has 1 aliphatic rings. The van der Waals surface area contributed by atoms with Gasteiger partial charge >= 0.3 is 0 Å². The molecule has 8 heteroatoms. The van der Waals surface area contributed by atoms with Crippen molar-refractivity contribution in [1.82, 2.24) is 9.97 Å². The van der Waals surface area contributed by atoms with Gasteiger partial charge in [0.2, 0.25) is 0 Å². The minimum atomic E-state index is -3.31. The minimum absolute atomic E-state index is 0.0156. The van der Waals surface area contributed by atoms with Gasteiger partial charge in [0, 0.05) is 40.5 Å². The van der Waals surface area contributed by atoms with Crippen LogP contribution in [0.3, 0.4) is 0 Å². The number of fused-ring (bicyclic) bond motifs is 2. The lowest BCUT2D eigenvalue weighted by atomic mass is 10.1. The molecule has 0 saturated carbocycles. The quantitative estimate of drug-likeness (QED) is 0.461. The molecule has 0 bridgehead atoms. The van der Waals surface area contributed by atoms with Crippen LogP contribution in [-0.4, -0.2) is 30.7 Å². The van der Waals surface area contributed by atoms with E-state index in [1.165, 1.54) is 0 Å². The summed E-state index contributed by atoms with van der Waals surface area (Å²) in [6.07, 6.45) is 3.41. The van der Waals surface area contributed by atoms with E-state index >= 15 is 0 Å². The van der Waals surface area contributed by atoms with Crippen molar-refractivity contribution in [3.63, 3.8) is 0 Å². The van der Waals surface area contributed by atoms with Gasteiger partial charge in [0.1, 0.15) is 28.8 Å². The van der Waals surface area contributed by atoms with Crippen LogP contribution in [0.5, 0.6) is 5.75 Å². The topological polar surface area (TPSA) is 105 Å². The standard InChI is InChI=1S/C25H16N4O3S/c26-15-18-3-1-17(2-4-18)5-7-22-21-14-25(28-16-19(21)9-10-27-22)29-20-6-8-24-23(13-20)32-11-12-33(24,30)31/h1-4,6,8-10,13-14,16H,11-12H2,(H,28,29). The maximum absolute atomic E-state index is 12.2. The number of hydrogen-bond acceptors (Lipinski definition) is 7. The number of nitriles is 1. The second kappa shape index (κ2) is 8.27. The summed E-state index contributed by atoms with van der Waals surface area (Å²) in [5.74, 6) is 7.06. The Hall–Kier alpha value is -4.40. The van der Waals surface area contributed by atoms with Gasteiger partial charge in [-0.1, -0.05) is 5.92 Å². The third kappa shape index (κ3) is 4.20. The van der Waals surface area contributed by atoms with Gasteiger partial charge < -0.3 is 10.1 Å². The van der Waals surface area contributed by atoms with E-state index < -0.39 is 9.84 Å². The molecule has 0 aliphatic carbocycles. The highest BCUT2D eigenvalue weighted by Crippen LogP contribution is 2.32. The molecule has 1 aliphatic heterocycles. The molecule has 2 aromatic carbocycles. The van der Waals surface area contributed by atoms with Gasteiger partial charge in [0.25, 0.3) is 0 Å². The average molecular weight is 452 g/mol. The van der Waals surface area contributed by atoms with Gasteiger partial charge in [-0.2, -0.15) is 5.26 Å². The van der Waals surface area contributed by atoms with Gasteiger partial charge in [-0.15, -0.1) is 0 Å². The lowest BCUT2D eigenvalue weighted by Crippen LogP contribution is -2.21. The Morgan fingerprint density at radius 2 is 1.79 bits per heavy atom. The van der Waals surface area contributed by atoms with Gasteiger partial charge in [0.15, 0.2) is 9.84 Å². The Labute approximate surface area is 190 Å². The molecule has 33 heavy (non-hydrogen) atoms. The van der Waals surface area contributed by atoms with E-state index in [-0.39, 0.29) is 17.3 Å². The van der Waals surface area contributed by atoms with Crippen molar-refractivity contribution >= 4 is 32.1 Å². The Morgan fingerprint density at radius 1 is 0.970 bits per heavy atom. The summed E-state index contributed by atoms with van der Waals surface area (Å²) in [6.45, 7) is 0.139. The number of nitrogens with one attached hydrogen (secondary N) is 1. The van der Waals surface area contributed by atoms with Crippen molar-refractivity contribution in [3.05, 3.63) is 83.8 Å². The van der Waals surface area contributed by atoms with Crippen LogP contribution in [0.15, 0.2) is 71.9 Å². The predicted octanol–water partition coefficient (Wildman–Crippen LogP) is 3.81. The summed E-state index contributed by atoms with van der Waals surface area (Å²) in [5, 5.41) is 13.8. The fourth-order valence-corrected chi connectivity index (χ4v) is 4.69. The maximum Gasteiger partial charge on any atom is 0.185 e. The highest BCUT2D eigenvalue weighted by molar-refractivity contribution is 7.91. The van der Waals surface area contributed by atoms with Gasteiger partial charge in [-0.25, -0.2) is 18.4 Å². The first-order valence-electron chi connectivity index (χ1n) is 10.1. The second-order valence-corrected chi connectivity index (χ2v) is 9.42. The van der Waals surface area contributed by atoms with E-state index in [9.17, 15) is 8.42 Å². The number of rotatable bonds is 2. The first kappa shape index (κ1) is 20.5. The molecule has 0 fully saturated rings. The van der Waals surface area contributed by atoms with E-state index in [1.807, 2.05) is 12.1 Å². The molecule has 0 radical (unpaired) electrons. The number of nitrogens with zero attached hydrogens (tertiary/aromatic N) is 3. The average Bonchev–Trinajstić information content (AvgIpc) is 2.83. The number of pyridine rings is 2. The molecule has 0 unspecified atom stereocenters. The third-order valence-corrected chi connectivity index (χ3v) is 6.86. The summed E-state index contributed by atoms with van der Waals surface area (Å²) in [7, 11) is -3.31. The monoisotopic (exact) mass is 452 g/mol. The zero-order chi connectivity index (χ0) is 22.8.